The van der Waals surface area contributed by atoms with Gasteiger partial charge in [-0.2, -0.15) is 5.10 Å². The molecule has 2 fully saturated rings. The summed E-state index contributed by atoms with van der Waals surface area (Å²) in [6.07, 6.45) is 6.09. The molecule has 4 N–H and O–H groups in total. The van der Waals surface area contributed by atoms with E-state index in [1.165, 1.54) is 5.56 Å². The molecule has 2 aliphatic rings. The molecule has 0 saturated carbocycles. The number of benzene rings is 1. The third-order valence-corrected chi connectivity index (χ3v) is 10.2. The second-order valence-electron chi connectivity index (χ2n) is 14.1. The third-order valence-electron chi connectivity index (χ3n) is 10.2. The van der Waals surface area contributed by atoms with Crippen molar-refractivity contribution in [3.8, 4) is 11.3 Å². The number of amides is 2. The number of nitrogens with zero attached hydrogens (tertiary/aromatic N) is 6. The van der Waals surface area contributed by atoms with Gasteiger partial charge in [-0.05, 0) is 74.6 Å². The van der Waals surface area contributed by atoms with E-state index in [1.54, 1.807) is 24.4 Å². The number of hydrogen-bond donors (Lipinski definition) is 4. The molecule has 7 rings (SSSR count). The standard InChI is InChI=1S/C41H50N10O3/c1-4-34-32(38(47-31-13-18-54-19-14-31)33-24-46-51(5-2)39(33)49-34)23-45-41(53)36-11-7-10-35(48-36)40(52)44-22-28-12-15-43-37(21-28)30-9-6-8-29(20-30)26-50-17-16-42-27(3)25-50/h6-12,15,20-21,24,27,31,42H,4-5,13-14,16-19,22-23,25-26H2,1-3H3,(H,44,52)(H,45,53)(H,47,49)/t27-/m0/s1. The minimum atomic E-state index is -0.374. The van der Waals surface area contributed by atoms with Crippen LogP contribution in [-0.4, -0.2) is 86.4 Å². The molecule has 0 bridgehead atoms. The van der Waals surface area contributed by atoms with Gasteiger partial charge in [-0.25, -0.2) is 14.6 Å². The number of carbonyl (C=O) groups excluding carboxylic acids is 2. The van der Waals surface area contributed by atoms with Gasteiger partial charge in [-0.1, -0.05) is 31.2 Å². The smallest absolute Gasteiger partial charge is 0.270 e. The maximum Gasteiger partial charge on any atom is 0.270 e. The minimum Gasteiger partial charge on any atom is -0.381 e. The van der Waals surface area contributed by atoms with Gasteiger partial charge in [0.25, 0.3) is 11.8 Å². The molecule has 2 aliphatic heterocycles. The molecular formula is C41H50N10O3. The summed E-state index contributed by atoms with van der Waals surface area (Å²) < 4.78 is 7.49. The predicted molar refractivity (Wildman–Crippen MR) is 209 cm³/mol. The second kappa shape index (κ2) is 17.3. The van der Waals surface area contributed by atoms with Crippen LogP contribution in [0, 0.1) is 0 Å². The molecule has 13 heteroatoms. The number of piperazine rings is 1. The van der Waals surface area contributed by atoms with Crippen molar-refractivity contribution >= 4 is 28.5 Å². The Labute approximate surface area is 316 Å². The Morgan fingerprint density at radius 2 is 1.72 bits per heavy atom. The van der Waals surface area contributed by atoms with Crippen molar-refractivity contribution in [3.05, 3.63) is 101 Å². The third kappa shape index (κ3) is 8.75. The highest BCUT2D eigenvalue weighted by atomic mass is 16.5. The number of aromatic nitrogens is 5. The molecule has 1 atom stereocenters. The molecular weight excluding hydrogens is 681 g/mol. The van der Waals surface area contributed by atoms with Crippen LogP contribution in [0.15, 0.2) is 67.0 Å². The molecule has 2 saturated heterocycles. The van der Waals surface area contributed by atoms with Crippen molar-refractivity contribution in [1.82, 2.24) is 45.6 Å². The van der Waals surface area contributed by atoms with E-state index in [-0.39, 0.29) is 42.3 Å². The van der Waals surface area contributed by atoms with Crippen molar-refractivity contribution in [1.29, 1.82) is 0 Å². The van der Waals surface area contributed by atoms with E-state index in [2.05, 4.69) is 79.3 Å². The van der Waals surface area contributed by atoms with Gasteiger partial charge in [0, 0.05) is 94.1 Å². The van der Waals surface area contributed by atoms with Gasteiger partial charge in [0.2, 0.25) is 0 Å². The van der Waals surface area contributed by atoms with Crippen molar-refractivity contribution in [3.63, 3.8) is 0 Å². The fourth-order valence-electron chi connectivity index (χ4n) is 7.31. The lowest BCUT2D eigenvalue weighted by molar-refractivity contribution is 0.0904. The summed E-state index contributed by atoms with van der Waals surface area (Å²) in [6.45, 7) is 12.9. The summed E-state index contributed by atoms with van der Waals surface area (Å²) in [6, 6.07) is 18.0. The zero-order valence-electron chi connectivity index (χ0n) is 31.4. The molecule has 2 amide bonds. The van der Waals surface area contributed by atoms with Crippen LogP contribution >= 0.6 is 0 Å². The minimum absolute atomic E-state index is 0.161. The van der Waals surface area contributed by atoms with Crippen molar-refractivity contribution in [2.45, 2.75) is 78.3 Å². The molecule has 5 aromatic rings. The van der Waals surface area contributed by atoms with Gasteiger partial charge in [0.05, 0.1) is 23.0 Å². The highest BCUT2D eigenvalue weighted by Crippen LogP contribution is 2.31. The number of hydrogen-bond acceptors (Lipinski definition) is 10. The van der Waals surface area contributed by atoms with Crippen LogP contribution < -0.4 is 21.3 Å². The van der Waals surface area contributed by atoms with Gasteiger partial charge < -0.3 is 26.0 Å². The fraction of sp³-hybridized carbons (Fsp3) is 0.415. The predicted octanol–water partition coefficient (Wildman–Crippen LogP) is 4.72. The van der Waals surface area contributed by atoms with E-state index < -0.39 is 0 Å². The van der Waals surface area contributed by atoms with E-state index in [0.717, 1.165) is 83.8 Å². The van der Waals surface area contributed by atoms with Crippen LogP contribution in [0.4, 0.5) is 5.69 Å². The van der Waals surface area contributed by atoms with Crippen LogP contribution in [0.25, 0.3) is 22.3 Å². The van der Waals surface area contributed by atoms with E-state index in [1.807, 2.05) is 29.9 Å². The first-order valence-corrected chi connectivity index (χ1v) is 19.1. The van der Waals surface area contributed by atoms with Crippen LogP contribution in [0.2, 0.25) is 0 Å². The van der Waals surface area contributed by atoms with E-state index in [4.69, 9.17) is 9.72 Å². The Kier molecular flexibility index (Phi) is 11.9. The Balaban J connectivity index is 1.00. The molecule has 0 aliphatic carbocycles. The number of anilines is 1. The molecule has 0 radical (unpaired) electrons. The van der Waals surface area contributed by atoms with E-state index >= 15 is 0 Å². The summed E-state index contributed by atoms with van der Waals surface area (Å²) in [5.41, 5.74) is 7.96. The highest BCUT2D eigenvalue weighted by molar-refractivity contribution is 5.97. The Morgan fingerprint density at radius 3 is 2.48 bits per heavy atom. The summed E-state index contributed by atoms with van der Waals surface area (Å²) >= 11 is 0. The average molecular weight is 731 g/mol. The van der Waals surface area contributed by atoms with E-state index in [9.17, 15) is 9.59 Å². The lowest BCUT2D eigenvalue weighted by Crippen LogP contribution is -2.48. The van der Waals surface area contributed by atoms with Crippen molar-refractivity contribution in [2.75, 3.05) is 38.2 Å². The van der Waals surface area contributed by atoms with Crippen molar-refractivity contribution < 1.29 is 14.3 Å². The maximum atomic E-state index is 13.5. The molecule has 13 nitrogen and oxygen atoms in total. The molecule has 0 spiro atoms. The van der Waals surface area contributed by atoms with Crippen molar-refractivity contribution in [2.24, 2.45) is 0 Å². The van der Waals surface area contributed by atoms with Crippen LogP contribution in [0.3, 0.4) is 0 Å². The van der Waals surface area contributed by atoms with E-state index in [0.29, 0.717) is 32.2 Å². The van der Waals surface area contributed by atoms with Gasteiger partial charge >= 0.3 is 0 Å². The summed E-state index contributed by atoms with van der Waals surface area (Å²) in [7, 11) is 0. The number of pyridine rings is 3. The van der Waals surface area contributed by atoms with Gasteiger partial charge in [0.1, 0.15) is 11.4 Å². The molecule has 282 valence electrons. The fourth-order valence-corrected chi connectivity index (χ4v) is 7.31. The lowest BCUT2D eigenvalue weighted by Gasteiger charge is -2.31. The van der Waals surface area contributed by atoms with Gasteiger partial charge in [-0.15, -0.1) is 0 Å². The SMILES string of the molecule is CCc1nc2c(cnn2CC)c(NC2CCOCC2)c1CNC(=O)c1cccc(C(=O)NCc2ccnc(-c3cccc(CN4CCN[C@@H](C)C4)c3)c2)n1. The topological polar surface area (TPSA) is 151 Å². The molecule has 6 heterocycles. The second-order valence-corrected chi connectivity index (χ2v) is 14.1. The van der Waals surface area contributed by atoms with Crippen LogP contribution in [-0.2, 0) is 37.3 Å². The van der Waals surface area contributed by atoms with Gasteiger partial charge in [0.15, 0.2) is 5.65 Å². The number of carbonyl (C=O) groups is 2. The number of ether oxygens (including phenoxy) is 1. The normalized spacial score (nSPS) is 16.7. The zero-order valence-corrected chi connectivity index (χ0v) is 31.4. The Morgan fingerprint density at radius 1 is 0.944 bits per heavy atom. The average Bonchev–Trinajstić information content (AvgIpc) is 3.63. The first-order chi connectivity index (χ1) is 26.4. The lowest BCUT2D eigenvalue weighted by atomic mass is 10.0. The summed E-state index contributed by atoms with van der Waals surface area (Å²) in [4.78, 5) is 43.3. The summed E-state index contributed by atoms with van der Waals surface area (Å²) in [5.74, 6) is -0.741. The number of nitrogens with one attached hydrogen (secondary N) is 4. The van der Waals surface area contributed by atoms with Crippen LogP contribution in [0.1, 0.15) is 77.0 Å². The number of aryl methyl sites for hydroxylation is 2. The quantitative estimate of drug-likeness (QED) is 0.134. The largest absolute Gasteiger partial charge is 0.381 e. The monoisotopic (exact) mass is 730 g/mol. The molecule has 54 heavy (non-hydrogen) atoms. The maximum absolute atomic E-state index is 13.5. The number of rotatable bonds is 13. The highest BCUT2D eigenvalue weighted by Gasteiger charge is 2.23. The first-order valence-electron chi connectivity index (χ1n) is 19.1. The first kappa shape index (κ1) is 37.1. The zero-order chi connectivity index (χ0) is 37.4. The molecule has 0 unspecified atom stereocenters. The number of fused-ring (bicyclic) bond motifs is 1. The molecule has 1 aromatic carbocycles. The molecule has 4 aromatic heterocycles. The Bertz CT molecular complexity index is 2090. The Hall–Kier alpha value is -5.24. The van der Waals surface area contributed by atoms with Crippen LogP contribution in [0.5, 0.6) is 0 Å². The van der Waals surface area contributed by atoms with Gasteiger partial charge in [-0.3, -0.25) is 19.5 Å². The summed E-state index contributed by atoms with van der Waals surface area (Å²) in [5, 5.41) is 18.8.